The number of benzene rings is 2. The fraction of sp³-hybridized carbons (Fsp3) is 0.409. The largest absolute Gasteiger partial charge is 0.486 e. The maximum absolute atomic E-state index is 12.8. The van der Waals surface area contributed by atoms with Crippen molar-refractivity contribution in [3.8, 4) is 11.5 Å². The van der Waals surface area contributed by atoms with Gasteiger partial charge in [0.05, 0.1) is 11.4 Å². The van der Waals surface area contributed by atoms with Crippen molar-refractivity contribution in [1.29, 1.82) is 0 Å². The van der Waals surface area contributed by atoms with E-state index in [1.165, 1.54) is 16.4 Å². The Hall–Kier alpha value is -2.58. The third-order valence-corrected chi connectivity index (χ3v) is 7.47. The van der Waals surface area contributed by atoms with Crippen LogP contribution in [0, 0.1) is 5.92 Å². The summed E-state index contributed by atoms with van der Waals surface area (Å²) in [7, 11) is -3.52. The summed E-state index contributed by atoms with van der Waals surface area (Å²) >= 11 is 0. The number of nitrogens with one attached hydrogen (secondary N) is 1. The van der Waals surface area contributed by atoms with Crippen molar-refractivity contribution in [2.75, 3.05) is 26.2 Å². The molecule has 0 saturated carbocycles. The molecule has 0 aliphatic carbocycles. The predicted molar refractivity (Wildman–Crippen MR) is 112 cm³/mol. The van der Waals surface area contributed by atoms with E-state index < -0.39 is 10.0 Å². The van der Waals surface area contributed by atoms with Crippen LogP contribution < -0.4 is 14.8 Å². The Morgan fingerprint density at radius 2 is 1.73 bits per heavy atom. The third kappa shape index (κ3) is 4.44. The molecule has 0 unspecified atom stereocenters. The molecule has 30 heavy (non-hydrogen) atoms. The number of hydrogen-bond donors (Lipinski definition) is 1. The van der Waals surface area contributed by atoms with E-state index in [0.717, 1.165) is 12.8 Å². The fourth-order valence-electron chi connectivity index (χ4n) is 3.62. The molecule has 2 heterocycles. The Labute approximate surface area is 177 Å². The van der Waals surface area contributed by atoms with Gasteiger partial charge in [-0.2, -0.15) is 4.31 Å². The van der Waals surface area contributed by atoms with E-state index in [-0.39, 0.29) is 16.9 Å². The summed E-state index contributed by atoms with van der Waals surface area (Å²) in [4.78, 5) is 12.7. The number of carbonyl (C=O) groups excluding carboxylic acids is 1. The van der Waals surface area contributed by atoms with Gasteiger partial charge in [-0.1, -0.05) is 19.1 Å². The molecular formula is C22H26N2O5S. The van der Waals surface area contributed by atoms with Crippen LogP contribution in [-0.2, 0) is 10.0 Å². The van der Waals surface area contributed by atoms with Gasteiger partial charge in [-0.25, -0.2) is 8.42 Å². The van der Waals surface area contributed by atoms with Gasteiger partial charge in [-0.3, -0.25) is 4.79 Å². The van der Waals surface area contributed by atoms with Gasteiger partial charge in [0, 0.05) is 18.7 Å². The number of fused-ring (bicyclic) bond motifs is 1. The number of nitrogens with zero attached hydrogens (tertiary/aromatic N) is 1. The first-order valence-corrected chi connectivity index (χ1v) is 11.6. The summed E-state index contributed by atoms with van der Waals surface area (Å²) in [6.07, 6.45) is 1.46. The van der Waals surface area contributed by atoms with Crippen molar-refractivity contribution >= 4 is 15.9 Å². The number of hydrogen-bond acceptors (Lipinski definition) is 5. The number of sulfonamides is 1. The van der Waals surface area contributed by atoms with Gasteiger partial charge in [-0.05, 0) is 55.2 Å². The zero-order chi connectivity index (χ0) is 21.1. The van der Waals surface area contributed by atoms with E-state index in [1.54, 1.807) is 12.1 Å². The van der Waals surface area contributed by atoms with Gasteiger partial charge in [-0.15, -0.1) is 0 Å². The normalized spacial score (nSPS) is 20.0. The Balaban J connectivity index is 1.34. The van der Waals surface area contributed by atoms with Gasteiger partial charge in [0.2, 0.25) is 10.0 Å². The summed E-state index contributed by atoms with van der Waals surface area (Å²) in [6.45, 7) is 3.86. The van der Waals surface area contributed by atoms with Crippen LogP contribution in [-0.4, -0.2) is 51.0 Å². The van der Waals surface area contributed by atoms with Crippen molar-refractivity contribution in [3.63, 3.8) is 0 Å². The molecule has 0 radical (unpaired) electrons. The Morgan fingerprint density at radius 3 is 2.43 bits per heavy atom. The number of amides is 1. The highest BCUT2D eigenvalue weighted by Crippen LogP contribution is 2.30. The Morgan fingerprint density at radius 1 is 1.07 bits per heavy atom. The summed E-state index contributed by atoms with van der Waals surface area (Å²) in [5.41, 5.74) is 0.401. The third-order valence-electron chi connectivity index (χ3n) is 5.55. The van der Waals surface area contributed by atoms with Crippen LogP contribution in [0.3, 0.4) is 0 Å². The molecule has 2 aliphatic rings. The van der Waals surface area contributed by atoms with Crippen molar-refractivity contribution in [2.24, 2.45) is 5.92 Å². The molecular weight excluding hydrogens is 404 g/mol. The molecule has 2 aliphatic heterocycles. The molecule has 1 amide bonds. The van der Waals surface area contributed by atoms with Crippen molar-refractivity contribution in [3.05, 3.63) is 54.1 Å². The molecule has 160 valence electrons. The zero-order valence-corrected chi connectivity index (χ0v) is 17.7. The second-order valence-corrected chi connectivity index (χ2v) is 9.76. The highest BCUT2D eigenvalue weighted by Gasteiger charge is 2.28. The molecule has 0 spiro atoms. The van der Waals surface area contributed by atoms with E-state index >= 15 is 0 Å². The first-order valence-electron chi connectivity index (χ1n) is 10.2. The SMILES string of the molecule is CC1CCN(S(=O)(=O)c2ccc(C(=O)NC[C@H]3COc4ccccc4O3)cc2)CC1. The number of rotatable bonds is 5. The van der Waals surface area contributed by atoms with Crippen LogP contribution in [0.1, 0.15) is 30.1 Å². The van der Waals surface area contributed by atoms with Crippen LogP contribution >= 0.6 is 0 Å². The maximum atomic E-state index is 12.8. The molecule has 0 bridgehead atoms. The van der Waals surface area contributed by atoms with Gasteiger partial charge < -0.3 is 14.8 Å². The van der Waals surface area contributed by atoms with Gasteiger partial charge >= 0.3 is 0 Å². The zero-order valence-electron chi connectivity index (χ0n) is 16.9. The summed E-state index contributed by atoms with van der Waals surface area (Å²) in [5, 5.41) is 2.82. The summed E-state index contributed by atoms with van der Waals surface area (Å²) < 4.78 is 38.6. The van der Waals surface area contributed by atoms with E-state index in [2.05, 4.69) is 12.2 Å². The Bertz CT molecular complexity index is 998. The lowest BCUT2D eigenvalue weighted by Crippen LogP contribution is -2.40. The van der Waals surface area contributed by atoms with Gasteiger partial charge in [0.1, 0.15) is 12.7 Å². The van der Waals surface area contributed by atoms with E-state index in [0.29, 0.717) is 49.2 Å². The van der Waals surface area contributed by atoms with Crippen molar-refractivity contribution in [1.82, 2.24) is 9.62 Å². The quantitative estimate of drug-likeness (QED) is 0.788. The molecule has 4 rings (SSSR count). The molecule has 8 heteroatoms. The van der Waals surface area contributed by atoms with E-state index in [4.69, 9.17) is 9.47 Å². The lowest BCUT2D eigenvalue weighted by molar-refractivity contribution is 0.0789. The first kappa shape index (κ1) is 20.7. The van der Waals surface area contributed by atoms with Gasteiger partial charge in [0.25, 0.3) is 5.91 Å². The van der Waals surface area contributed by atoms with Gasteiger partial charge in [0.15, 0.2) is 11.5 Å². The monoisotopic (exact) mass is 430 g/mol. The minimum absolute atomic E-state index is 0.217. The number of carbonyl (C=O) groups is 1. The number of piperidine rings is 1. The smallest absolute Gasteiger partial charge is 0.251 e. The second-order valence-electron chi connectivity index (χ2n) is 7.82. The standard InChI is InChI=1S/C22H26N2O5S/c1-16-10-12-24(13-11-16)30(26,27)19-8-6-17(7-9-19)22(25)23-14-18-15-28-20-4-2-3-5-21(20)29-18/h2-9,16,18H,10-15H2,1H3,(H,23,25)/t18-/m0/s1. The molecule has 1 N–H and O–H groups in total. The highest BCUT2D eigenvalue weighted by molar-refractivity contribution is 7.89. The van der Waals surface area contributed by atoms with Crippen LogP contribution in [0.25, 0.3) is 0 Å². The fourth-order valence-corrected chi connectivity index (χ4v) is 5.09. The minimum Gasteiger partial charge on any atom is -0.486 e. The van der Waals surface area contributed by atoms with E-state index in [1.807, 2.05) is 24.3 Å². The predicted octanol–water partition coefficient (Wildman–Crippen LogP) is 2.68. The molecule has 7 nitrogen and oxygen atoms in total. The van der Waals surface area contributed by atoms with Crippen LogP contribution in [0.2, 0.25) is 0 Å². The molecule has 2 aromatic carbocycles. The Kier molecular flexibility index (Phi) is 5.97. The van der Waals surface area contributed by atoms with Crippen LogP contribution in [0.15, 0.2) is 53.4 Å². The molecule has 2 aromatic rings. The number of ether oxygens (including phenoxy) is 2. The van der Waals surface area contributed by atoms with E-state index in [9.17, 15) is 13.2 Å². The molecule has 0 aromatic heterocycles. The van der Waals surface area contributed by atoms with Crippen molar-refractivity contribution < 1.29 is 22.7 Å². The second kappa shape index (κ2) is 8.65. The first-order chi connectivity index (χ1) is 14.4. The molecule has 1 fully saturated rings. The van der Waals surface area contributed by atoms with Crippen LogP contribution in [0.5, 0.6) is 11.5 Å². The lowest BCUT2D eigenvalue weighted by Gasteiger charge is -2.29. The maximum Gasteiger partial charge on any atom is 0.251 e. The highest BCUT2D eigenvalue weighted by atomic mass is 32.2. The number of para-hydroxylation sites is 2. The van der Waals surface area contributed by atoms with Crippen LogP contribution in [0.4, 0.5) is 0 Å². The lowest BCUT2D eigenvalue weighted by atomic mass is 10.0. The van der Waals surface area contributed by atoms with Crippen molar-refractivity contribution in [2.45, 2.75) is 30.8 Å². The summed E-state index contributed by atoms with van der Waals surface area (Å²) in [5.74, 6) is 1.62. The molecule has 1 saturated heterocycles. The molecule has 1 atom stereocenters. The average molecular weight is 431 g/mol. The average Bonchev–Trinajstić information content (AvgIpc) is 2.77. The summed E-state index contributed by atoms with van der Waals surface area (Å²) in [6, 6.07) is 13.5. The minimum atomic E-state index is -3.52. The topological polar surface area (TPSA) is 84.9 Å².